The number of hydrogen-bond acceptors (Lipinski definition) is 4. The van der Waals surface area contributed by atoms with E-state index in [2.05, 4.69) is 41.4 Å². The van der Waals surface area contributed by atoms with E-state index in [-0.39, 0.29) is 6.03 Å². The van der Waals surface area contributed by atoms with Gasteiger partial charge in [-0.1, -0.05) is 72.3 Å². The predicted octanol–water partition coefficient (Wildman–Crippen LogP) is 5.73. The summed E-state index contributed by atoms with van der Waals surface area (Å²) in [5, 5.41) is 3.73. The molecule has 0 bridgehead atoms. The molecule has 1 aliphatic rings. The van der Waals surface area contributed by atoms with Crippen molar-refractivity contribution in [2.24, 2.45) is 0 Å². The van der Waals surface area contributed by atoms with Gasteiger partial charge in [-0.15, -0.1) is 0 Å². The minimum absolute atomic E-state index is 0.0336. The van der Waals surface area contributed by atoms with E-state index in [4.69, 9.17) is 21.6 Å². The van der Waals surface area contributed by atoms with Crippen LogP contribution in [0.3, 0.4) is 0 Å². The number of urea groups is 1. The first-order chi connectivity index (χ1) is 18.1. The quantitative estimate of drug-likeness (QED) is 0.359. The van der Waals surface area contributed by atoms with Crippen molar-refractivity contribution in [1.82, 2.24) is 20.2 Å². The number of carbonyl (C=O) groups excluding carboxylic acids is 1. The average molecular weight is 512 g/mol. The molecular formula is C30H30ClN5O. The van der Waals surface area contributed by atoms with E-state index in [0.29, 0.717) is 43.6 Å². The molecule has 5 rings (SSSR count). The monoisotopic (exact) mass is 511 g/mol. The SMILES string of the molecule is Cc1nc(-c2ccc(Cl)cc2)nc(N2CCN(C(=O)NCc3ccccc3)CC2)c1Cc1ccccc1. The van der Waals surface area contributed by atoms with Gasteiger partial charge in [0, 0.05) is 61.0 Å². The molecule has 0 spiro atoms. The predicted molar refractivity (Wildman–Crippen MR) is 149 cm³/mol. The molecule has 0 saturated carbocycles. The van der Waals surface area contributed by atoms with Gasteiger partial charge < -0.3 is 15.1 Å². The van der Waals surface area contributed by atoms with Gasteiger partial charge >= 0.3 is 6.03 Å². The fourth-order valence-corrected chi connectivity index (χ4v) is 4.71. The number of hydrogen-bond donors (Lipinski definition) is 1. The molecule has 2 heterocycles. The van der Waals surface area contributed by atoms with Crippen LogP contribution in [0, 0.1) is 6.92 Å². The number of aryl methyl sites for hydroxylation is 1. The molecule has 7 heteroatoms. The lowest BCUT2D eigenvalue weighted by molar-refractivity contribution is 0.194. The molecule has 1 aromatic heterocycles. The fraction of sp³-hybridized carbons (Fsp3) is 0.233. The van der Waals surface area contributed by atoms with Gasteiger partial charge in [0.1, 0.15) is 5.82 Å². The van der Waals surface area contributed by atoms with Gasteiger partial charge in [0.25, 0.3) is 0 Å². The molecule has 2 amide bonds. The third-order valence-electron chi connectivity index (χ3n) is 6.67. The van der Waals surface area contributed by atoms with Crippen molar-refractivity contribution >= 4 is 23.4 Å². The van der Waals surface area contributed by atoms with E-state index in [9.17, 15) is 4.79 Å². The van der Waals surface area contributed by atoms with E-state index in [1.165, 1.54) is 5.56 Å². The number of aromatic nitrogens is 2. The molecule has 1 saturated heterocycles. The molecule has 0 radical (unpaired) electrons. The fourth-order valence-electron chi connectivity index (χ4n) is 4.58. The normalized spacial score (nSPS) is 13.5. The summed E-state index contributed by atoms with van der Waals surface area (Å²) in [6, 6.07) is 28.0. The Bertz CT molecular complexity index is 1340. The zero-order valence-electron chi connectivity index (χ0n) is 20.9. The number of anilines is 1. The number of benzene rings is 3. The van der Waals surface area contributed by atoms with Gasteiger partial charge in [0.2, 0.25) is 0 Å². The minimum Gasteiger partial charge on any atom is -0.353 e. The van der Waals surface area contributed by atoms with Gasteiger partial charge in [-0.2, -0.15) is 0 Å². The Morgan fingerprint density at radius 1 is 0.838 bits per heavy atom. The molecule has 37 heavy (non-hydrogen) atoms. The second kappa shape index (κ2) is 11.4. The Balaban J connectivity index is 1.35. The third kappa shape index (κ3) is 6.09. The van der Waals surface area contributed by atoms with Crippen molar-refractivity contribution in [3.8, 4) is 11.4 Å². The summed E-state index contributed by atoms with van der Waals surface area (Å²) in [6.07, 6.45) is 0.751. The van der Waals surface area contributed by atoms with E-state index < -0.39 is 0 Å². The Labute approximate surface area is 222 Å². The zero-order valence-corrected chi connectivity index (χ0v) is 21.7. The summed E-state index contributed by atoms with van der Waals surface area (Å²) in [7, 11) is 0. The largest absolute Gasteiger partial charge is 0.353 e. The highest BCUT2D eigenvalue weighted by molar-refractivity contribution is 6.30. The number of nitrogens with zero attached hydrogens (tertiary/aromatic N) is 4. The topological polar surface area (TPSA) is 61.4 Å². The first kappa shape index (κ1) is 24.8. The zero-order chi connectivity index (χ0) is 25.6. The molecule has 6 nitrogen and oxygen atoms in total. The van der Waals surface area contributed by atoms with E-state index in [0.717, 1.165) is 34.6 Å². The van der Waals surface area contributed by atoms with Gasteiger partial charge in [-0.05, 0) is 42.3 Å². The maximum absolute atomic E-state index is 12.8. The van der Waals surface area contributed by atoms with E-state index in [1.54, 1.807) is 0 Å². The van der Waals surface area contributed by atoms with Crippen molar-refractivity contribution in [3.63, 3.8) is 0 Å². The van der Waals surface area contributed by atoms with Crippen LogP contribution in [0.25, 0.3) is 11.4 Å². The maximum Gasteiger partial charge on any atom is 0.317 e. The number of amides is 2. The van der Waals surface area contributed by atoms with Gasteiger partial charge in [0.05, 0.1) is 0 Å². The Morgan fingerprint density at radius 3 is 2.11 bits per heavy atom. The Morgan fingerprint density at radius 2 is 1.46 bits per heavy atom. The average Bonchev–Trinajstić information content (AvgIpc) is 2.94. The summed E-state index contributed by atoms with van der Waals surface area (Å²) in [6.45, 7) is 5.25. The molecule has 1 fully saturated rings. The van der Waals surface area contributed by atoms with Crippen LogP contribution in [0.2, 0.25) is 5.02 Å². The number of piperazine rings is 1. The van der Waals surface area contributed by atoms with Crippen LogP contribution < -0.4 is 10.2 Å². The number of halogens is 1. The summed E-state index contributed by atoms with van der Waals surface area (Å²) < 4.78 is 0. The Kier molecular flexibility index (Phi) is 7.66. The number of carbonyl (C=O) groups is 1. The molecule has 3 aromatic carbocycles. The summed E-state index contributed by atoms with van der Waals surface area (Å²) in [5.41, 5.74) is 5.31. The second-order valence-corrected chi connectivity index (χ2v) is 9.66. The third-order valence-corrected chi connectivity index (χ3v) is 6.92. The molecule has 0 aliphatic carbocycles. The lowest BCUT2D eigenvalue weighted by Gasteiger charge is -2.36. The van der Waals surface area contributed by atoms with Crippen LogP contribution in [0.1, 0.15) is 22.4 Å². The molecule has 0 unspecified atom stereocenters. The maximum atomic E-state index is 12.8. The second-order valence-electron chi connectivity index (χ2n) is 9.22. The lowest BCUT2D eigenvalue weighted by atomic mass is 10.0. The highest BCUT2D eigenvalue weighted by Gasteiger charge is 2.25. The molecular weight excluding hydrogens is 482 g/mol. The summed E-state index contributed by atoms with van der Waals surface area (Å²) in [5.74, 6) is 1.62. The van der Waals surface area contributed by atoms with Crippen LogP contribution >= 0.6 is 11.6 Å². The number of nitrogens with one attached hydrogen (secondary N) is 1. The van der Waals surface area contributed by atoms with Crippen LogP contribution in [0.4, 0.5) is 10.6 Å². The smallest absolute Gasteiger partial charge is 0.317 e. The van der Waals surface area contributed by atoms with Crippen molar-refractivity contribution in [2.45, 2.75) is 19.9 Å². The van der Waals surface area contributed by atoms with Crippen LogP contribution in [-0.2, 0) is 13.0 Å². The summed E-state index contributed by atoms with van der Waals surface area (Å²) >= 11 is 6.11. The van der Waals surface area contributed by atoms with E-state index in [1.807, 2.05) is 65.6 Å². The first-order valence-corrected chi connectivity index (χ1v) is 12.9. The Hall–Kier alpha value is -3.90. The minimum atomic E-state index is -0.0336. The molecule has 188 valence electrons. The van der Waals surface area contributed by atoms with Gasteiger partial charge in [0.15, 0.2) is 5.82 Å². The molecule has 1 aliphatic heterocycles. The highest BCUT2D eigenvalue weighted by Crippen LogP contribution is 2.29. The molecule has 1 N–H and O–H groups in total. The van der Waals surface area contributed by atoms with Crippen molar-refractivity contribution in [2.75, 3.05) is 31.1 Å². The first-order valence-electron chi connectivity index (χ1n) is 12.6. The van der Waals surface area contributed by atoms with Crippen molar-refractivity contribution in [3.05, 3.63) is 112 Å². The molecule has 4 aromatic rings. The lowest BCUT2D eigenvalue weighted by Crippen LogP contribution is -2.52. The van der Waals surface area contributed by atoms with Crippen molar-refractivity contribution in [1.29, 1.82) is 0 Å². The number of rotatable bonds is 6. The van der Waals surface area contributed by atoms with E-state index >= 15 is 0 Å². The standard InChI is InChI=1S/C30H30ClN5O/c1-22-27(20-23-8-4-2-5-9-23)29(34-28(33-22)25-12-14-26(31)15-13-25)35-16-18-36(19-17-35)30(37)32-21-24-10-6-3-7-11-24/h2-15H,16-21H2,1H3,(H,32,37). The van der Waals surface area contributed by atoms with Crippen LogP contribution in [0.5, 0.6) is 0 Å². The van der Waals surface area contributed by atoms with Crippen molar-refractivity contribution < 1.29 is 4.79 Å². The van der Waals surface area contributed by atoms with Crippen LogP contribution in [0.15, 0.2) is 84.9 Å². The van der Waals surface area contributed by atoms with Gasteiger partial charge in [-0.25, -0.2) is 14.8 Å². The van der Waals surface area contributed by atoms with Crippen LogP contribution in [-0.4, -0.2) is 47.1 Å². The van der Waals surface area contributed by atoms with Gasteiger partial charge in [-0.3, -0.25) is 0 Å². The highest BCUT2D eigenvalue weighted by atomic mass is 35.5. The molecule has 0 atom stereocenters. The summed E-state index contributed by atoms with van der Waals surface area (Å²) in [4.78, 5) is 26.9.